The van der Waals surface area contributed by atoms with E-state index < -0.39 is 0 Å². The van der Waals surface area contributed by atoms with Gasteiger partial charge in [-0.2, -0.15) is 0 Å². The number of hydrogen-bond acceptors (Lipinski definition) is 3. The first-order valence-corrected chi connectivity index (χ1v) is 8.13. The van der Waals surface area contributed by atoms with Crippen molar-refractivity contribution in [3.05, 3.63) is 28.8 Å². The first kappa shape index (κ1) is 17.3. The maximum absolute atomic E-state index is 5.94. The highest BCUT2D eigenvalue weighted by atomic mass is 35.5. The summed E-state index contributed by atoms with van der Waals surface area (Å²) in [5.74, 6) is 0. The molecule has 0 unspecified atom stereocenters. The third kappa shape index (κ3) is 6.16. The molecule has 1 rings (SSSR count). The van der Waals surface area contributed by atoms with Crippen LogP contribution in [0.3, 0.4) is 0 Å². The molecule has 1 aromatic carbocycles. The van der Waals surface area contributed by atoms with E-state index in [1.807, 2.05) is 42.8 Å². The number of nitrogens with zero attached hydrogens (tertiary/aromatic N) is 3. The molecule has 0 N–H and O–H groups in total. The van der Waals surface area contributed by atoms with Crippen LogP contribution in [-0.2, 0) is 0 Å². The van der Waals surface area contributed by atoms with Crippen molar-refractivity contribution in [1.29, 1.82) is 0 Å². The summed E-state index contributed by atoms with van der Waals surface area (Å²) in [5, 5.41) is 0.751. The van der Waals surface area contributed by atoms with Crippen LogP contribution < -0.4 is 0 Å². The summed E-state index contributed by atoms with van der Waals surface area (Å²) >= 11 is 7.65. The van der Waals surface area contributed by atoms with Crippen molar-refractivity contribution in [1.82, 2.24) is 8.61 Å². The zero-order valence-electron chi connectivity index (χ0n) is 12.8. The zero-order valence-corrected chi connectivity index (χ0v) is 14.3. The molecular formula is C15H24ClN3S. The predicted molar refractivity (Wildman–Crippen MR) is 91.9 cm³/mol. The Labute approximate surface area is 132 Å². The standard InChI is InChI=1S/C15H24ClN3S/c1-5-7-10-19(6-2)20-18(4)12-17-15-9-8-14(16)11-13(15)3/h8-9,11-12H,5-7,10H2,1-4H3/b17-12+. The second kappa shape index (κ2) is 9.27. The van der Waals surface area contributed by atoms with Gasteiger partial charge in [-0.25, -0.2) is 9.30 Å². The second-order valence-corrected chi connectivity index (χ2v) is 6.37. The van der Waals surface area contributed by atoms with E-state index in [0.29, 0.717) is 0 Å². The highest BCUT2D eigenvalue weighted by molar-refractivity contribution is 7.95. The van der Waals surface area contributed by atoms with E-state index in [0.717, 1.165) is 29.4 Å². The molecule has 20 heavy (non-hydrogen) atoms. The fourth-order valence-corrected chi connectivity index (χ4v) is 2.71. The quantitative estimate of drug-likeness (QED) is 0.385. The van der Waals surface area contributed by atoms with Crippen molar-refractivity contribution in [2.24, 2.45) is 4.99 Å². The molecular weight excluding hydrogens is 290 g/mol. The molecule has 0 saturated heterocycles. The molecule has 0 aliphatic heterocycles. The SMILES string of the molecule is CCCCN(CC)SN(C)/C=N/c1ccc(Cl)cc1C. The lowest BCUT2D eigenvalue weighted by Crippen LogP contribution is -2.22. The van der Waals surface area contributed by atoms with Gasteiger partial charge in [0.05, 0.1) is 5.69 Å². The Morgan fingerprint density at radius 1 is 1.35 bits per heavy atom. The van der Waals surface area contributed by atoms with E-state index in [1.165, 1.54) is 12.8 Å². The van der Waals surface area contributed by atoms with Gasteiger partial charge >= 0.3 is 0 Å². The number of unbranched alkanes of at least 4 members (excludes halogenated alkanes) is 1. The Kier molecular flexibility index (Phi) is 8.04. The number of benzene rings is 1. The van der Waals surface area contributed by atoms with Crippen LogP contribution in [-0.4, -0.2) is 35.1 Å². The van der Waals surface area contributed by atoms with E-state index in [2.05, 4.69) is 23.1 Å². The summed E-state index contributed by atoms with van der Waals surface area (Å²) in [4.78, 5) is 4.51. The van der Waals surface area contributed by atoms with Crippen molar-refractivity contribution in [3.63, 3.8) is 0 Å². The molecule has 0 aromatic heterocycles. The van der Waals surface area contributed by atoms with E-state index in [4.69, 9.17) is 11.6 Å². The summed E-state index contributed by atoms with van der Waals surface area (Å²) in [7, 11) is 2.02. The Balaban J connectivity index is 2.55. The average molecular weight is 314 g/mol. The largest absolute Gasteiger partial charge is 0.297 e. The van der Waals surface area contributed by atoms with E-state index in [-0.39, 0.29) is 0 Å². The summed E-state index contributed by atoms with van der Waals surface area (Å²) < 4.78 is 4.37. The van der Waals surface area contributed by atoms with Crippen LogP contribution in [0.4, 0.5) is 5.69 Å². The maximum Gasteiger partial charge on any atom is 0.102 e. The van der Waals surface area contributed by atoms with Crippen LogP contribution in [0.25, 0.3) is 0 Å². The molecule has 0 bridgehead atoms. The zero-order chi connectivity index (χ0) is 15.0. The molecule has 1 aromatic rings. The minimum Gasteiger partial charge on any atom is -0.297 e. The minimum atomic E-state index is 0.751. The lowest BCUT2D eigenvalue weighted by Gasteiger charge is -2.23. The van der Waals surface area contributed by atoms with Gasteiger partial charge in [-0.05, 0) is 37.1 Å². The monoisotopic (exact) mass is 313 g/mol. The summed E-state index contributed by atoms with van der Waals surface area (Å²) in [6.45, 7) is 8.55. The molecule has 3 nitrogen and oxygen atoms in total. The van der Waals surface area contributed by atoms with Crippen molar-refractivity contribution in [2.45, 2.75) is 33.6 Å². The van der Waals surface area contributed by atoms with Crippen LogP contribution in [0.1, 0.15) is 32.3 Å². The van der Waals surface area contributed by atoms with E-state index >= 15 is 0 Å². The lowest BCUT2D eigenvalue weighted by molar-refractivity contribution is 0.468. The topological polar surface area (TPSA) is 18.8 Å². The first-order chi connectivity index (χ1) is 9.56. The number of halogens is 1. The van der Waals surface area contributed by atoms with Crippen LogP contribution in [0.2, 0.25) is 5.02 Å². The summed E-state index contributed by atoms with van der Waals surface area (Å²) in [5.41, 5.74) is 2.05. The maximum atomic E-state index is 5.94. The van der Waals surface area contributed by atoms with Gasteiger partial charge in [0.25, 0.3) is 0 Å². The van der Waals surface area contributed by atoms with E-state index in [1.54, 1.807) is 12.1 Å². The van der Waals surface area contributed by atoms with Crippen LogP contribution >= 0.6 is 23.7 Å². The average Bonchev–Trinajstić information content (AvgIpc) is 2.42. The third-order valence-corrected chi connectivity index (χ3v) is 4.13. The number of hydrogen-bond donors (Lipinski definition) is 0. The third-order valence-electron chi connectivity index (χ3n) is 2.88. The van der Waals surface area contributed by atoms with Crippen molar-refractivity contribution in [3.8, 4) is 0 Å². The number of aryl methyl sites for hydroxylation is 1. The molecule has 112 valence electrons. The van der Waals surface area contributed by atoms with Crippen molar-refractivity contribution in [2.75, 3.05) is 20.1 Å². The smallest absolute Gasteiger partial charge is 0.102 e. The predicted octanol–water partition coefficient (Wildman–Crippen LogP) is 4.93. The molecule has 0 fully saturated rings. The molecule has 0 saturated carbocycles. The van der Waals surface area contributed by atoms with Gasteiger partial charge in [-0.1, -0.05) is 31.9 Å². The molecule has 0 radical (unpaired) electrons. The normalized spacial score (nSPS) is 11.5. The highest BCUT2D eigenvalue weighted by Crippen LogP contribution is 2.22. The van der Waals surface area contributed by atoms with Gasteiger partial charge in [0.1, 0.15) is 6.34 Å². The lowest BCUT2D eigenvalue weighted by atomic mass is 10.2. The second-order valence-electron chi connectivity index (χ2n) is 4.68. The molecule has 0 heterocycles. The molecule has 0 aliphatic carbocycles. The van der Waals surface area contributed by atoms with Crippen LogP contribution in [0.15, 0.2) is 23.2 Å². The molecule has 0 amide bonds. The Hall–Kier alpha value is -0.710. The van der Waals surface area contributed by atoms with Crippen molar-refractivity contribution >= 4 is 35.8 Å². The summed E-state index contributed by atoms with van der Waals surface area (Å²) in [6, 6.07) is 5.75. The van der Waals surface area contributed by atoms with Gasteiger partial charge < -0.3 is 0 Å². The van der Waals surface area contributed by atoms with Gasteiger partial charge in [0.15, 0.2) is 0 Å². The molecule has 0 spiro atoms. The molecule has 5 heteroatoms. The molecule has 0 aliphatic rings. The van der Waals surface area contributed by atoms with Gasteiger partial charge in [-0.3, -0.25) is 4.31 Å². The van der Waals surface area contributed by atoms with Crippen molar-refractivity contribution < 1.29 is 0 Å². The first-order valence-electron chi connectivity index (χ1n) is 7.03. The van der Waals surface area contributed by atoms with Crippen LogP contribution in [0.5, 0.6) is 0 Å². The minimum absolute atomic E-state index is 0.751. The summed E-state index contributed by atoms with van der Waals surface area (Å²) in [6.07, 6.45) is 4.30. The molecule has 0 atom stereocenters. The Morgan fingerprint density at radius 2 is 2.10 bits per heavy atom. The Morgan fingerprint density at radius 3 is 2.70 bits per heavy atom. The van der Waals surface area contributed by atoms with Gasteiger partial charge in [0, 0.05) is 37.3 Å². The number of rotatable bonds is 8. The van der Waals surface area contributed by atoms with E-state index in [9.17, 15) is 0 Å². The van der Waals surface area contributed by atoms with Gasteiger partial charge in [0.2, 0.25) is 0 Å². The fourth-order valence-electron chi connectivity index (χ4n) is 1.70. The van der Waals surface area contributed by atoms with Crippen LogP contribution in [0, 0.1) is 6.92 Å². The number of aliphatic imine (C=N–C) groups is 1. The fraction of sp³-hybridized carbons (Fsp3) is 0.533. The highest BCUT2D eigenvalue weighted by Gasteiger charge is 2.05. The Bertz CT molecular complexity index is 437. The van der Waals surface area contributed by atoms with Gasteiger partial charge in [-0.15, -0.1) is 0 Å².